The molecule has 2 atom stereocenters. The van der Waals surface area contributed by atoms with E-state index in [0.29, 0.717) is 40.1 Å². The standard InChI is InChI=1S/C36H33ClFN7O6/c1-51-33-30-24(32(46)25(36(49)50)16-44(30)22-5-6-22)14-26(38)31(33)43-15-20-3-2-12-42(28(20)17-43)18-45-27-7-4-21(37)13-23(27)29(35(45)48)40-41-34(47)19-8-10-39-11-9-19/h4,7-11,13-14,16,20,22,28,48H,2-3,5-6,12,15,17-18H2,1H3,(H,49,50)/t20-,28+/m0/s1. The number of azo groups is 1. The molecular formula is C36H33ClFN7O6. The second kappa shape index (κ2) is 12.8. The summed E-state index contributed by atoms with van der Waals surface area (Å²) in [6.07, 6.45) is 7.73. The Morgan fingerprint density at radius 3 is 2.61 bits per heavy atom. The molecule has 1 saturated carbocycles. The molecule has 0 unspecified atom stereocenters. The summed E-state index contributed by atoms with van der Waals surface area (Å²) in [6.45, 7) is 1.98. The summed E-state index contributed by atoms with van der Waals surface area (Å²) < 4.78 is 25.5. The van der Waals surface area contributed by atoms with Crippen molar-refractivity contribution in [3.63, 3.8) is 0 Å². The Morgan fingerprint density at radius 2 is 1.88 bits per heavy atom. The number of aromatic hydroxyl groups is 1. The van der Waals surface area contributed by atoms with Gasteiger partial charge in [-0.3, -0.25) is 24.0 Å². The van der Waals surface area contributed by atoms with Crippen LogP contribution in [0.4, 0.5) is 15.8 Å². The first-order valence-electron chi connectivity index (χ1n) is 16.7. The van der Waals surface area contributed by atoms with E-state index in [-0.39, 0.29) is 53.1 Å². The second-order valence-corrected chi connectivity index (χ2v) is 13.7. The number of anilines is 1. The van der Waals surface area contributed by atoms with E-state index in [0.717, 1.165) is 38.3 Å². The number of pyridine rings is 2. The number of carbonyl (C=O) groups excluding carboxylic acids is 1. The average Bonchev–Trinajstić information content (AvgIpc) is 3.82. The van der Waals surface area contributed by atoms with Gasteiger partial charge in [-0.2, -0.15) is 0 Å². The smallest absolute Gasteiger partial charge is 0.341 e. The summed E-state index contributed by atoms with van der Waals surface area (Å²) in [5.74, 6) is -2.41. The summed E-state index contributed by atoms with van der Waals surface area (Å²) in [7, 11) is 1.44. The van der Waals surface area contributed by atoms with Crippen molar-refractivity contribution in [2.24, 2.45) is 16.1 Å². The lowest BCUT2D eigenvalue weighted by Crippen LogP contribution is -2.45. The Morgan fingerprint density at radius 1 is 1.10 bits per heavy atom. The molecule has 2 aliphatic heterocycles. The maximum absolute atomic E-state index is 16.2. The number of methoxy groups -OCH3 is 1. The van der Waals surface area contributed by atoms with Gasteiger partial charge in [0.05, 0.1) is 30.2 Å². The normalized spacial score (nSPS) is 19.3. The Hall–Kier alpha value is -5.34. The molecule has 2 aromatic carbocycles. The lowest BCUT2D eigenvalue weighted by Gasteiger charge is -2.37. The van der Waals surface area contributed by atoms with Crippen LogP contribution in [0.2, 0.25) is 5.02 Å². The highest BCUT2D eigenvalue weighted by Crippen LogP contribution is 2.46. The van der Waals surface area contributed by atoms with E-state index < -0.39 is 28.7 Å². The zero-order valence-corrected chi connectivity index (χ0v) is 28.3. The number of carbonyl (C=O) groups is 2. The lowest BCUT2D eigenvalue weighted by atomic mass is 9.92. The van der Waals surface area contributed by atoms with Gasteiger partial charge in [0.1, 0.15) is 11.3 Å². The molecule has 262 valence electrons. The highest BCUT2D eigenvalue weighted by atomic mass is 35.5. The predicted octanol–water partition coefficient (Wildman–Crippen LogP) is 6.37. The highest BCUT2D eigenvalue weighted by Gasteiger charge is 2.42. The Balaban J connectivity index is 1.13. The SMILES string of the molecule is COc1c(N2C[C@@H]3CCCN(Cn4c(O)c(N=NC(=O)c5ccncc5)c5cc(Cl)ccc54)[C@@H]3C2)c(F)cc2c(=O)c(C(=O)O)cn(C3CC3)c12. The van der Waals surface area contributed by atoms with Crippen molar-refractivity contribution in [2.75, 3.05) is 31.6 Å². The Labute approximate surface area is 295 Å². The van der Waals surface area contributed by atoms with Crippen LogP contribution in [-0.2, 0) is 6.67 Å². The van der Waals surface area contributed by atoms with Crippen LogP contribution in [0.15, 0.2) is 70.0 Å². The predicted molar refractivity (Wildman–Crippen MR) is 187 cm³/mol. The van der Waals surface area contributed by atoms with Gasteiger partial charge in [-0.05, 0) is 68.0 Å². The van der Waals surface area contributed by atoms with Gasteiger partial charge in [-0.1, -0.05) is 11.6 Å². The van der Waals surface area contributed by atoms with E-state index in [1.54, 1.807) is 27.3 Å². The highest BCUT2D eigenvalue weighted by molar-refractivity contribution is 6.31. The first-order chi connectivity index (χ1) is 24.6. The Bertz CT molecular complexity index is 2320. The minimum Gasteiger partial charge on any atom is -0.493 e. The second-order valence-electron chi connectivity index (χ2n) is 13.3. The van der Waals surface area contributed by atoms with Crippen molar-refractivity contribution < 1.29 is 28.9 Å². The molecule has 3 aromatic heterocycles. The number of carboxylic acid groups (broad SMARTS) is 1. The summed E-state index contributed by atoms with van der Waals surface area (Å²) in [6, 6.07) is 9.34. The molecule has 8 rings (SSSR count). The molecular weight excluding hydrogens is 681 g/mol. The molecule has 2 N–H and O–H groups in total. The van der Waals surface area contributed by atoms with Crippen molar-refractivity contribution >= 4 is 56.7 Å². The molecule has 51 heavy (non-hydrogen) atoms. The van der Waals surface area contributed by atoms with Gasteiger partial charge in [0.2, 0.25) is 11.3 Å². The van der Waals surface area contributed by atoms with Crippen molar-refractivity contribution in [1.29, 1.82) is 0 Å². The molecule has 5 heterocycles. The Kier molecular flexibility index (Phi) is 8.22. The van der Waals surface area contributed by atoms with E-state index in [9.17, 15) is 24.6 Å². The van der Waals surface area contributed by atoms with Crippen molar-refractivity contribution in [3.8, 4) is 11.6 Å². The van der Waals surface area contributed by atoms with Crippen molar-refractivity contribution in [3.05, 3.63) is 87.2 Å². The van der Waals surface area contributed by atoms with E-state index in [4.69, 9.17) is 16.3 Å². The van der Waals surface area contributed by atoms with Gasteiger partial charge >= 0.3 is 5.97 Å². The third-order valence-corrected chi connectivity index (χ3v) is 10.5. The summed E-state index contributed by atoms with van der Waals surface area (Å²) in [5, 5.41) is 30.2. The number of ether oxygens (including phenoxy) is 1. The van der Waals surface area contributed by atoms with E-state index >= 15 is 4.39 Å². The number of rotatable bonds is 8. The number of nitrogens with zero attached hydrogens (tertiary/aromatic N) is 7. The first-order valence-corrected chi connectivity index (χ1v) is 17.1. The van der Waals surface area contributed by atoms with E-state index in [2.05, 4.69) is 20.1 Å². The maximum Gasteiger partial charge on any atom is 0.341 e. The van der Waals surface area contributed by atoms with Gasteiger partial charge < -0.3 is 24.4 Å². The summed E-state index contributed by atoms with van der Waals surface area (Å²) in [5.41, 5.74) is 0.554. The van der Waals surface area contributed by atoms with Crippen LogP contribution in [0.25, 0.3) is 21.8 Å². The molecule has 0 spiro atoms. The number of halogens is 2. The molecule has 0 bridgehead atoms. The molecule has 3 aliphatic rings. The number of aromatic nitrogens is 3. The fourth-order valence-corrected chi connectivity index (χ4v) is 7.89. The number of aromatic carboxylic acids is 1. The number of hydrogen-bond donors (Lipinski definition) is 2. The minimum absolute atomic E-state index is 0.00722. The fourth-order valence-electron chi connectivity index (χ4n) is 7.72. The fraction of sp³-hybridized carbons (Fsp3) is 0.333. The molecule has 1 amide bonds. The number of benzene rings is 2. The monoisotopic (exact) mass is 713 g/mol. The molecule has 13 nitrogen and oxygen atoms in total. The number of amides is 1. The van der Waals surface area contributed by atoms with Crippen LogP contribution < -0.4 is 15.1 Å². The van der Waals surface area contributed by atoms with Crippen LogP contribution in [0.5, 0.6) is 11.6 Å². The van der Waals surface area contributed by atoms with Crippen molar-refractivity contribution in [2.45, 2.75) is 44.4 Å². The molecule has 3 fully saturated rings. The zero-order valence-electron chi connectivity index (χ0n) is 27.5. The third kappa shape index (κ3) is 5.68. The van der Waals surface area contributed by atoms with E-state index in [1.807, 2.05) is 4.90 Å². The molecule has 2 saturated heterocycles. The van der Waals surface area contributed by atoms with Crippen molar-refractivity contribution in [1.82, 2.24) is 19.0 Å². The molecule has 5 aromatic rings. The summed E-state index contributed by atoms with van der Waals surface area (Å²) in [4.78, 5) is 45.9. The van der Waals surface area contributed by atoms with Gasteiger partial charge in [-0.25, -0.2) is 9.18 Å². The molecule has 0 radical (unpaired) electrons. The first kappa shape index (κ1) is 32.8. The number of likely N-dealkylation sites (tertiary alicyclic amines) is 1. The van der Waals surface area contributed by atoms with Gasteiger partial charge in [0, 0.05) is 66.3 Å². The van der Waals surface area contributed by atoms with Gasteiger partial charge in [0.15, 0.2) is 17.3 Å². The zero-order chi connectivity index (χ0) is 35.6. The largest absolute Gasteiger partial charge is 0.493 e. The van der Waals surface area contributed by atoms with Crippen LogP contribution in [0.3, 0.4) is 0 Å². The summed E-state index contributed by atoms with van der Waals surface area (Å²) >= 11 is 6.35. The third-order valence-electron chi connectivity index (χ3n) is 10.2. The topological polar surface area (TPSA) is 155 Å². The lowest BCUT2D eigenvalue weighted by molar-refractivity contribution is 0.0694. The quantitative estimate of drug-likeness (QED) is 0.175. The van der Waals surface area contributed by atoms with Gasteiger partial charge in [0.25, 0.3) is 5.91 Å². The van der Waals surface area contributed by atoms with Crippen LogP contribution in [-0.4, -0.2) is 73.9 Å². The minimum atomic E-state index is -1.36. The number of hydrogen-bond acceptors (Lipinski definition) is 9. The van der Waals surface area contributed by atoms with Gasteiger partial charge in [-0.15, -0.1) is 10.2 Å². The van der Waals surface area contributed by atoms with E-state index in [1.165, 1.54) is 37.8 Å². The molecule has 1 aliphatic carbocycles. The number of piperidine rings is 1. The number of fused-ring (bicyclic) bond motifs is 3. The van der Waals surface area contributed by atoms with Crippen LogP contribution in [0, 0.1) is 11.7 Å². The van der Waals surface area contributed by atoms with Crippen LogP contribution in [0.1, 0.15) is 52.4 Å². The van der Waals surface area contributed by atoms with Crippen LogP contribution >= 0.6 is 11.6 Å². The molecule has 15 heteroatoms. The number of carboxylic acids is 1. The average molecular weight is 714 g/mol. The maximum atomic E-state index is 16.2.